The number of rotatable bonds is 5. The van der Waals surface area contributed by atoms with E-state index in [2.05, 4.69) is 25.7 Å². The molecule has 0 aliphatic heterocycles. The molecule has 9 heteroatoms. The van der Waals surface area contributed by atoms with Crippen LogP contribution < -0.4 is 5.32 Å². The number of nitrogens with zero attached hydrogens (tertiary/aromatic N) is 4. The number of H-pyrrole nitrogens is 1. The van der Waals surface area contributed by atoms with E-state index < -0.39 is 12.5 Å². The lowest BCUT2D eigenvalue weighted by atomic mass is 10.1. The zero-order valence-corrected chi connectivity index (χ0v) is 14.7. The molecule has 0 radical (unpaired) electrons. The SMILES string of the molecule is CC(F)(F)CNc1ccc(-c2nnc(-c3ccc4[nH]ncc4c3)o2)cc1C#N. The molecule has 4 aromatic rings. The first-order valence-corrected chi connectivity index (χ1v) is 8.36. The van der Waals surface area contributed by atoms with Gasteiger partial charge in [-0.2, -0.15) is 10.4 Å². The van der Waals surface area contributed by atoms with Crippen LogP contribution in [-0.4, -0.2) is 32.9 Å². The smallest absolute Gasteiger partial charge is 0.262 e. The highest BCUT2D eigenvalue weighted by Gasteiger charge is 2.21. The lowest BCUT2D eigenvalue weighted by molar-refractivity contribution is 0.0368. The number of hydrogen-bond acceptors (Lipinski definition) is 6. The molecule has 28 heavy (non-hydrogen) atoms. The molecule has 0 aliphatic carbocycles. The molecular formula is C19H14F2N6O. The summed E-state index contributed by atoms with van der Waals surface area (Å²) in [5, 5.41) is 27.7. The fraction of sp³-hybridized carbons (Fsp3) is 0.158. The van der Waals surface area contributed by atoms with Crippen LogP contribution in [0, 0.1) is 11.3 Å². The van der Waals surface area contributed by atoms with E-state index in [1.807, 2.05) is 24.3 Å². The molecule has 4 rings (SSSR count). The highest BCUT2D eigenvalue weighted by molar-refractivity contribution is 5.82. The third-order valence-corrected chi connectivity index (χ3v) is 4.09. The van der Waals surface area contributed by atoms with Gasteiger partial charge in [-0.25, -0.2) is 8.78 Å². The molecule has 0 saturated heterocycles. The summed E-state index contributed by atoms with van der Waals surface area (Å²) in [5.41, 5.74) is 2.67. The summed E-state index contributed by atoms with van der Waals surface area (Å²) in [5.74, 6) is -2.33. The molecule has 0 fully saturated rings. The molecular weight excluding hydrogens is 366 g/mol. The number of anilines is 1. The summed E-state index contributed by atoms with van der Waals surface area (Å²) in [7, 11) is 0. The lowest BCUT2D eigenvalue weighted by Crippen LogP contribution is -2.23. The molecule has 7 nitrogen and oxygen atoms in total. The van der Waals surface area contributed by atoms with Crippen LogP contribution in [0.4, 0.5) is 14.5 Å². The molecule has 140 valence electrons. The number of nitriles is 1. The van der Waals surface area contributed by atoms with Gasteiger partial charge >= 0.3 is 0 Å². The van der Waals surface area contributed by atoms with Crippen molar-refractivity contribution in [2.24, 2.45) is 0 Å². The highest BCUT2D eigenvalue weighted by atomic mass is 19.3. The second kappa shape index (κ2) is 6.74. The predicted octanol–water partition coefficient (Wildman–Crippen LogP) is 4.22. The van der Waals surface area contributed by atoms with Crippen LogP contribution in [0.25, 0.3) is 33.8 Å². The first kappa shape index (κ1) is 17.6. The molecule has 0 aliphatic rings. The van der Waals surface area contributed by atoms with Crippen molar-refractivity contribution in [3.63, 3.8) is 0 Å². The van der Waals surface area contributed by atoms with Crippen LogP contribution in [0.1, 0.15) is 12.5 Å². The van der Waals surface area contributed by atoms with Gasteiger partial charge in [-0.1, -0.05) is 0 Å². The number of halogens is 2. The quantitative estimate of drug-likeness (QED) is 0.537. The standard InChI is InChI=1S/C19H14F2N6O/c1-19(20,21)10-23-15-4-2-11(6-13(15)8-22)17-26-27-18(28-17)12-3-5-16-14(7-12)9-24-25-16/h2-7,9,23H,10H2,1H3,(H,24,25). The van der Waals surface area contributed by atoms with Crippen LogP contribution in [0.15, 0.2) is 47.0 Å². The van der Waals surface area contributed by atoms with E-state index in [0.29, 0.717) is 17.1 Å². The average molecular weight is 380 g/mol. The zero-order chi connectivity index (χ0) is 19.7. The monoisotopic (exact) mass is 380 g/mol. The normalized spacial score (nSPS) is 11.5. The van der Waals surface area contributed by atoms with E-state index in [1.165, 1.54) is 6.07 Å². The first-order valence-electron chi connectivity index (χ1n) is 8.36. The number of aromatic amines is 1. The summed E-state index contributed by atoms with van der Waals surface area (Å²) < 4.78 is 31.8. The van der Waals surface area contributed by atoms with Gasteiger partial charge in [0.2, 0.25) is 11.8 Å². The van der Waals surface area contributed by atoms with Gasteiger partial charge in [0.05, 0.1) is 29.5 Å². The fourth-order valence-corrected chi connectivity index (χ4v) is 2.71. The summed E-state index contributed by atoms with van der Waals surface area (Å²) in [6, 6.07) is 12.2. The lowest BCUT2D eigenvalue weighted by Gasteiger charge is -2.13. The number of fused-ring (bicyclic) bond motifs is 1. The number of benzene rings is 2. The van der Waals surface area contributed by atoms with Crippen molar-refractivity contribution in [3.8, 4) is 29.0 Å². The van der Waals surface area contributed by atoms with Crippen molar-refractivity contribution in [2.75, 3.05) is 11.9 Å². The Kier molecular flexibility index (Phi) is 4.24. The van der Waals surface area contributed by atoms with E-state index in [-0.39, 0.29) is 11.5 Å². The Hall–Kier alpha value is -3.80. The minimum atomic E-state index is -2.89. The van der Waals surface area contributed by atoms with Crippen molar-refractivity contribution >= 4 is 16.6 Å². The molecule has 2 N–H and O–H groups in total. The Balaban J connectivity index is 1.62. The summed E-state index contributed by atoms with van der Waals surface area (Å²) in [6.07, 6.45) is 1.70. The Morgan fingerprint density at radius 2 is 1.86 bits per heavy atom. The fourth-order valence-electron chi connectivity index (χ4n) is 2.71. The third kappa shape index (κ3) is 3.53. The van der Waals surface area contributed by atoms with Crippen molar-refractivity contribution in [2.45, 2.75) is 12.8 Å². The van der Waals surface area contributed by atoms with Gasteiger partial charge in [-0.05, 0) is 36.4 Å². The third-order valence-electron chi connectivity index (χ3n) is 4.09. The molecule has 2 aromatic carbocycles. The van der Waals surface area contributed by atoms with Gasteiger partial charge in [-0.3, -0.25) is 5.10 Å². The van der Waals surface area contributed by atoms with Gasteiger partial charge in [0.15, 0.2) is 0 Å². The van der Waals surface area contributed by atoms with Crippen molar-refractivity contribution < 1.29 is 13.2 Å². The van der Waals surface area contributed by atoms with Crippen molar-refractivity contribution in [3.05, 3.63) is 48.2 Å². The minimum Gasteiger partial charge on any atom is -0.416 e. The molecule has 0 spiro atoms. The van der Waals surface area contributed by atoms with Gasteiger partial charge in [0.1, 0.15) is 6.07 Å². The van der Waals surface area contributed by atoms with Crippen molar-refractivity contribution in [1.82, 2.24) is 20.4 Å². The second-order valence-electron chi connectivity index (χ2n) is 6.38. The summed E-state index contributed by atoms with van der Waals surface area (Å²) in [4.78, 5) is 0. The van der Waals surface area contributed by atoms with Crippen LogP contribution >= 0.6 is 0 Å². The molecule has 0 unspecified atom stereocenters. The van der Waals surface area contributed by atoms with Crippen LogP contribution in [0.2, 0.25) is 0 Å². The zero-order valence-electron chi connectivity index (χ0n) is 14.7. The van der Waals surface area contributed by atoms with E-state index in [4.69, 9.17) is 4.42 Å². The topological polar surface area (TPSA) is 103 Å². The summed E-state index contributed by atoms with van der Waals surface area (Å²) in [6.45, 7) is 0.240. The number of alkyl halides is 2. The molecule has 0 saturated carbocycles. The van der Waals surface area contributed by atoms with Crippen LogP contribution in [0.5, 0.6) is 0 Å². The molecule has 0 amide bonds. The predicted molar refractivity (Wildman–Crippen MR) is 98.6 cm³/mol. The molecule has 0 bridgehead atoms. The highest BCUT2D eigenvalue weighted by Crippen LogP contribution is 2.28. The number of aromatic nitrogens is 4. The Labute approximate surface area is 158 Å². The maximum Gasteiger partial charge on any atom is 0.262 e. The second-order valence-corrected chi connectivity index (χ2v) is 6.38. The Morgan fingerprint density at radius 3 is 2.57 bits per heavy atom. The van der Waals surface area contributed by atoms with Gasteiger partial charge in [-0.15, -0.1) is 10.2 Å². The Bertz CT molecular complexity index is 1190. The maximum atomic E-state index is 13.0. The Morgan fingerprint density at radius 1 is 1.14 bits per heavy atom. The van der Waals surface area contributed by atoms with Crippen LogP contribution in [0.3, 0.4) is 0 Å². The molecule has 2 aromatic heterocycles. The maximum absolute atomic E-state index is 13.0. The van der Waals surface area contributed by atoms with E-state index in [1.54, 1.807) is 18.3 Å². The first-order chi connectivity index (χ1) is 13.4. The minimum absolute atomic E-state index is 0.210. The number of nitrogens with one attached hydrogen (secondary N) is 2. The van der Waals surface area contributed by atoms with Gasteiger partial charge in [0, 0.05) is 23.4 Å². The van der Waals surface area contributed by atoms with E-state index in [0.717, 1.165) is 23.4 Å². The average Bonchev–Trinajstić information content (AvgIpc) is 3.34. The van der Waals surface area contributed by atoms with Gasteiger partial charge < -0.3 is 9.73 Å². The van der Waals surface area contributed by atoms with Crippen molar-refractivity contribution in [1.29, 1.82) is 5.26 Å². The van der Waals surface area contributed by atoms with E-state index >= 15 is 0 Å². The largest absolute Gasteiger partial charge is 0.416 e. The van der Waals surface area contributed by atoms with Crippen LogP contribution in [-0.2, 0) is 0 Å². The summed E-state index contributed by atoms with van der Waals surface area (Å²) >= 11 is 0. The van der Waals surface area contributed by atoms with Gasteiger partial charge in [0.25, 0.3) is 5.92 Å². The van der Waals surface area contributed by atoms with E-state index in [9.17, 15) is 14.0 Å². The number of hydrogen-bond donors (Lipinski definition) is 2. The molecule has 2 heterocycles. The molecule has 0 atom stereocenters.